The van der Waals surface area contributed by atoms with Crippen LogP contribution >= 0.6 is 0 Å². The molecule has 2 unspecified atom stereocenters. The van der Waals surface area contributed by atoms with Crippen molar-refractivity contribution in [2.24, 2.45) is 0 Å². The molecule has 0 spiro atoms. The molecule has 2 atom stereocenters. The van der Waals surface area contributed by atoms with Crippen LogP contribution < -0.4 is 10.2 Å². The zero-order valence-corrected chi connectivity index (χ0v) is 13.6. The third kappa shape index (κ3) is 3.47. The van der Waals surface area contributed by atoms with Crippen LogP contribution in [0.3, 0.4) is 0 Å². The fraction of sp³-hybridized carbons (Fsp3) is 0.667. The van der Waals surface area contributed by atoms with Gasteiger partial charge in [-0.3, -0.25) is 0 Å². The summed E-state index contributed by atoms with van der Waals surface area (Å²) in [6.07, 6.45) is 6.19. The fourth-order valence-corrected chi connectivity index (χ4v) is 2.97. The van der Waals surface area contributed by atoms with E-state index in [1.165, 1.54) is 55.6 Å². The van der Waals surface area contributed by atoms with Crippen LogP contribution in [0, 0.1) is 0 Å². The van der Waals surface area contributed by atoms with Crippen LogP contribution in [0.4, 0.5) is 11.4 Å². The van der Waals surface area contributed by atoms with E-state index in [-0.39, 0.29) is 0 Å². The molecule has 2 rings (SSSR count). The molecule has 0 fully saturated rings. The fourth-order valence-electron chi connectivity index (χ4n) is 2.97. The van der Waals surface area contributed by atoms with Crippen molar-refractivity contribution in [3.63, 3.8) is 0 Å². The van der Waals surface area contributed by atoms with Gasteiger partial charge in [-0.15, -0.1) is 0 Å². The van der Waals surface area contributed by atoms with E-state index in [2.05, 4.69) is 56.1 Å². The summed E-state index contributed by atoms with van der Waals surface area (Å²) in [7, 11) is 0. The van der Waals surface area contributed by atoms with Gasteiger partial charge in [0.05, 0.1) is 0 Å². The summed E-state index contributed by atoms with van der Waals surface area (Å²) in [5.41, 5.74) is 4.24. The molecule has 0 amide bonds. The van der Waals surface area contributed by atoms with Gasteiger partial charge >= 0.3 is 0 Å². The molecule has 0 aliphatic carbocycles. The molecule has 112 valence electrons. The molecule has 1 aliphatic heterocycles. The van der Waals surface area contributed by atoms with Gasteiger partial charge in [-0.05, 0) is 63.3 Å². The van der Waals surface area contributed by atoms with E-state index < -0.39 is 0 Å². The second-order valence-electron chi connectivity index (χ2n) is 6.23. The smallest absolute Gasteiger partial charge is 0.0376 e. The van der Waals surface area contributed by atoms with E-state index >= 15 is 0 Å². The molecule has 1 N–H and O–H groups in total. The maximum absolute atomic E-state index is 3.59. The number of rotatable bonds is 6. The highest BCUT2D eigenvalue weighted by atomic mass is 15.2. The van der Waals surface area contributed by atoms with Crippen molar-refractivity contribution in [1.82, 2.24) is 0 Å². The second-order valence-corrected chi connectivity index (χ2v) is 6.23. The first kappa shape index (κ1) is 15.2. The number of nitrogens with one attached hydrogen (secondary N) is 1. The van der Waals surface area contributed by atoms with Gasteiger partial charge in [0.25, 0.3) is 0 Å². The van der Waals surface area contributed by atoms with Crippen LogP contribution in [0.5, 0.6) is 0 Å². The van der Waals surface area contributed by atoms with Crippen molar-refractivity contribution in [3.05, 3.63) is 23.8 Å². The van der Waals surface area contributed by atoms with E-state index in [1.807, 2.05) is 0 Å². The highest BCUT2D eigenvalue weighted by Crippen LogP contribution is 2.30. The van der Waals surface area contributed by atoms with Gasteiger partial charge in [-0.2, -0.15) is 0 Å². The number of hydrogen-bond acceptors (Lipinski definition) is 2. The Morgan fingerprint density at radius 2 is 2.15 bits per heavy atom. The first-order valence-corrected chi connectivity index (χ1v) is 8.31. The number of aryl methyl sites for hydroxylation is 1. The molecular formula is C18H30N2. The Labute approximate surface area is 124 Å². The van der Waals surface area contributed by atoms with Crippen LogP contribution in [0.15, 0.2) is 18.2 Å². The first-order chi connectivity index (χ1) is 9.65. The summed E-state index contributed by atoms with van der Waals surface area (Å²) in [5.74, 6) is 0. The largest absolute Gasteiger partial charge is 0.382 e. The minimum atomic E-state index is 0.610. The lowest BCUT2D eigenvalue weighted by molar-refractivity contribution is 0.595. The predicted octanol–water partition coefficient (Wildman–Crippen LogP) is 4.84. The highest BCUT2D eigenvalue weighted by molar-refractivity contribution is 5.62. The summed E-state index contributed by atoms with van der Waals surface area (Å²) in [5, 5.41) is 3.59. The highest BCUT2D eigenvalue weighted by Gasteiger charge is 2.17. The third-order valence-corrected chi connectivity index (χ3v) is 4.54. The minimum absolute atomic E-state index is 0.610. The van der Waals surface area contributed by atoms with Gasteiger partial charge in [0, 0.05) is 30.0 Å². The molecule has 0 saturated carbocycles. The van der Waals surface area contributed by atoms with Gasteiger partial charge in [-0.1, -0.05) is 20.3 Å². The Morgan fingerprint density at radius 1 is 1.35 bits per heavy atom. The summed E-state index contributed by atoms with van der Waals surface area (Å²) < 4.78 is 0. The Hall–Kier alpha value is -1.18. The third-order valence-electron chi connectivity index (χ3n) is 4.54. The number of benzene rings is 1. The molecule has 20 heavy (non-hydrogen) atoms. The predicted molar refractivity (Wildman–Crippen MR) is 89.9 cm³/mol. The molecule has 2 heteroatoms. The van der Waals surface area contributed by atoms with Crippen molar-refractivity contribution < 1.29 is 0 Å². The number of anilines is 2. The summed E-state index contributed by atoms with van der Waals surface area (Å²) in [6.45, 7) is 10.3. The molecular weight excluding hydrogens is 244 g/mol. The van der Waals surface area contributed by atoms with Crippen molar-refractivity contribution in [3.8, 4) is 0 Å². The number of unbranched alkanes of at least 4 members (excludes halogenated alkanes) is 1. The van der Waals surface area contributed by atoms with Crippen LogP contribution in [-0.2, 0) is 6.42 Å². The van der Waals surface area contributed by atoms with E-state index in [4.69, 9.17) is 0 Å². The molecule has 1 aromatic rings. The molecule has 0 bridgehead atoms. The minimum Gasteiger partial charge on any atom is -0.382 e. The normalized spacial score (nSPS) is 19.1. The Balaban J connectivity index is 2.20. The van der Waals surface area contributed by atoms with E-state index in [9.17, 15) is 0 Å². The van der Waals surface area contributed by atoms with Crippen LogP contribution in [0.1, 0.15) is 58.9 Å². The van der Waals surface area contributed by atoms with Gasteiger partial charge in [-0.25, -0.2) is 0 Å². The van der Waals surface area contributed by atoms with Crippen molar-refractivity contribution in [1.29, 1.82) is 0 Å². The monoisotopic (exact) mass is 274 g/mol. The van der Waals surface area contributed by atoms with E-state index in [1.54, 1.807) is 0 Å². The molecule has 0 aromatic heterocycles. The lowest BCUT2D eigenvalue weighted by Crippen LogP contribution is -2.33. The molecule has 1 aromatic carbocycles. The number of fused-ring (bicyclic) bond motifs is 1. The van der Waals surface area contributed by atoms with Gasteiger partial charge in [0.15, 0.2) is 0 Å². The summed E-state index contributed by atoms with van der Waals surface area (Å²) >= 11 is 0. The van der Waals surface area contributed by atoms with Crippen LogP contribution in [0.2, 0.25) is 0 Å². The van der Waals surface area contributed by atoms with E-state index in [0.29, 0.717) is 12.1 Å². The topological polar surface area (TPSA) is 15.3 Å². The van der Waals surface area contributed by atoms with Crippen molar-refractivity contribution in [2.45, 2.75) is 71.9 Å². The second kappa shape index (κ2) is 7.01. The summed E-state index contributed by atoms with van der Waals surface area (Å²) in [6, 6.07) is 8.22. The maximum atomic E-state index is 3.59. The Morgan fingerprint density at radius 3 is 2.85 bits per heavy atom. The quantitative estimate of drug-likeness (QED) is 0.798. The van der Waals surface area contributed by atoms with Gasteiger partial charge in [0.1, 0.15) is 0 Å². The number of nitrogens with zero attached hydrogens (tertiary/aromatic N) is 1. The Kier molecular flexibility index (Phi) is 5.33. The zero-order chi connectivity index (χ0) is 14.5. The zero-order valence-electron chi connectivity index (χ0n) is 13.6. The molecule has 1 aliphatic rings. The summed E-state index contributed by atoms with van der Waals surface area (Å²) in [4.78, 5) is 2.59. The van der Waals surface area contributed by atoms with Crippen molar-refractivity contribution in [2.75, 3.05) is 16.8 Å². The maximum Gasteiger partial charge on any atom is 0.0376 e. The lowest BCUT2D eigenvalue weighted by atomic mass is 9.98. The average Bonchev–Trinajstić information content (AvgIpc) is 2.47. The van der Waals surface area contributed by atoms with Crippen LogP contribution in [-0.4, -0.2) is 18.6 Å². The Bertz CT molecular complexity index is 427. The van der Waals surface area contributed by atoms with Crippen molar-refractivity contribution >= 4 is 11.4 Å². The number of hydrogen-bond donors (Lipinski definition) is 1. The standard InChI is InChI=1S/C18H30N2/c1-5-7-12-20(15(4)6-2)17-10-11-18-16(13-17)9-8-14(3)19-18/h10-11,13-15,19H,5-9,12H2,1-4H3. The SMILES string of the molecule is CCCCN(c1ccc2c(c1)CCC(C)N2)C(C)CC. The van der Waals surface area contributed by atoms with Crippen LogP contribution in [0.25, 0.3) is 0 Å². The average molecular weight is 274 g/mol. The molecule has 0 saturated heterocycles. The first-order valence-electron chi connectivity index (χ1n) is 8.31. The molecule has 0 radical (unpaired) electrons. The molecule has 2 nitrogen and oxygen atoms in total. The van der Waals surface area contributed by atoms with Gasteiger partial charge in [0.2, 0.25) is 0 Å². The van der Waals surface area contributed by atoms with Gasteiger partial charge < -0.3 is 10.2 Å². The lowest BCUT2D eigenvalue weighted by Gasteiger charge is -2.33. The molecule has 1 heterocycles. The van der Waals surface area contributed by atoms with E-state index in [0.717, 1.165) is 0 Å².